The van der Waals surface area contributed by atoms with Gasteiger partial charge in [-0.05, 0) is 32.3 Å². The van der Waals surface area contributed by atoms with E-state index in [2.05, 4.69) is 4.90 Å². The molecule has 1 amide bonds. The summed E-state index contributed by atoms with van der Waals surface area (Å²) < 4.78 is 5.81. The molecule has 1 N–H and O–H groups in total. The molecule has 2 heterocycles. The molecule has 1 saturated carbocycles. The standard InChI is InChI=1S/C19H24N2O3/c1-13-14-5-2-3-8-17(14)24-18(13)19(23)21-11-9-20(10-12-21)15-6-4-7-16(15)22/h2-3,5,8,15-16,22H,4,6-7,9-12H2,1H3. The Labute approximate surface area is 141 Å². The molecule has 2 aliphatic rings. The second-order valence-corrected chi connectivity index (χ2v) is 6.95. The number of furan rings is 1. The molecule has 1 aromatic heterocycles. The van der Waals surface area contributed by atoms with E-state index in [0.29, 0.717) is 18.8 Å². The molecule has 2 fully saturated rings. The summed E-state index contributed by atoms with van der Waals surface area (Å²) in [6.07, 6.45) is 2.87. The number of hydrogen-bond donors (Lipinski definition) is 1. The molecule has 1 aliphatic carbocycles. The van der Waals surface area contributed by atoms with Crippen LogP contribution in [0.4, 0.5) is 0 Å². The first-order valence-corrected chi connectivity index (χ1v) is 8.84. The zero-order valence-corrected chi connectivity index (χ0v) is 14.1. The van der Waals surface area contributed by atoms with Crippen LogP contribution in [0.2, 0.25) is 0 Å². The van der Waals surface area contributed by atoms with Crippen LogP contribution in [0.15, 0.2) is 28.7 Å². The minimum atomic E-state index is -0.204. The maximum absolute atomic E-state index is 12.8. The Kier molecular flexibility index (Phi) is 4.06. The highest BCUT2D eigenvalue weighted by atomic mass is 16.3. The number of aryl methyl sites for hydroxylation is 1. The average Bonchev–Trinajstić information content (AvgIpc) is 3.18. The van der Waals surface area contributed by atoms with Gasteiger partial charge in [0, 0.05) is 43.2 Å². The SMILES string of the molecule is Cc1c(C(=O)N2CCN(C3CCCC3O)CC2)oc2ccccc12. The topological polar surface area (TPSA) is 56.9 Å². The lowest BCUT2D eigenvalue weighted by Crippen LogP contribution is -2.53. The van der Waals surface area contributed by atoms with Crippen molar-refractivity contribution in [3.05, 3.63) is 35.6 Å². The van der Waals surface area contributed by atoms with Gasteiger partial charge in [-0.3, -0.25) is 9.69 Å². The predicted molar refractivity (Wildman–Crippen MR) is 92.1 cm³/mol. The van der Waals surface area contributed by atoms with Crippen molar-refractivity contribution >= 4 is 16.9 Å². The van der Waals surface area contributed by atoms with E-state index >= 15 is 0 Å². The summed E-state index contributed by atoms with van der Waals surface area (Å²) in [6.45, 7) is 4.99. The molecule has 0 bridgehead atoms. The van der Waals surface area contributed by atoms with Gasteiger partial charge in [0.2, 0.25) is 0 Å². The number of aliphatic hydroxyl groups excluding tert-OH is 1. The number of fused-ring (bicyclic) bond motifs is 1. The molecular weight excluding hydrogens is 304 g/mol. The van der Waals surface area contributed by atoms with Crippen molar-refractivity contribution in [3.8, 4) is 0 Å². The van der Waals surface area contributed by atoms with Gasteiger partial charge in [-0.25, -0.2) is 0 Å². The van der Waals surface area contributed by atoms with Crippen LogP contribution in [0.25, 0.3) is 11.0 Å². The molecule has 24 heavy (non-hydrogen) atoms. The van der Waals surface area contributed by atoms with E-state index in [4.69, 9.17) is 4.42 Å². The predicted octanol–water partition coefficient (Wildman–Crippen LogP) is 2.41. The van der Waals surface area contributed by atoms with Crippen LogP contribution < -0.4 is 0 Å². The Balaban J connectivity index is 1.47. The number of para-hydroxylation sites is 1. The van der Waals surface area contributed by atoms with Gasteiger partial charge in [-0.15, -0.1) is 0 Å². The van der Waals surface area contributed by atoms with E-state index in [9.17, 15) is 9.90 Å². The van der Waals surface area contributed by atoms with Gasteiger partial charge in [0.1, 0.15) is 5.58 Å². The van der Waals surface area contributed by atoms with Crippen molar-refractivity contribution in [2.75, 3.05) is 26.2 Å². The number of carbonyl (C=O) groups excluding carboxylic acids is 1. The number of piperazine rings is 1. The van der Waals surface area contributed by atoms with Crippen molar-refractivity contribution in [1.29, 1.82) is 0 Å². The summed E-state index contributed by atoms with van der Waals surface area (Å²) in [7, 11) is 0. The van der Waals surface area contributed by atoms with Crippen LogP contribution in [-0.4, -0.2) is 59.1 Å². The molecular formula is C19H24N2O3. The molecule has 1 aliphatic heterocycles. The zero-order valence-electron chi connectivity index (χ0n) is 14.1. The molecule has 128 valence electrons. The molecule has 0 spiro atoms. The van der Waals surface area contributed by atoms with Crippen molar-refractivity contribution in [2.45, 2.75) is 38.3 Å². The maximum atomic E-state index is 12.8. The Hall–Kier alpha value is -1.85. The third kappa shape index (κ3) is 2.62. The van der Waals surface area contributed by atoms with Gasteiger partial charge in [-0.1, -0.05) is 18.2 Å². The number of aliphatic hydroxyl groups is 1. The van der Waals surface area contributed by atoms with Crippen molar-refractivity contribution in [1.82, 2.24) is 9.80 Å². The van der Waals surface area contributed by atoms with Crippen LogP contribution in [0.5, 0.6) is 0 Å². The Morgan fingerprint density at radius 2 is 1.92 bits per heavy atom. The molecule has 2 unspecified atom stereocenters. The highest BCUT2D eigenvalue weighted by Crippen LogP contribution is 2.28. The van der Waals surface area contributed by atoms with E-state index in [0.717, 1.165) is 48.9 Å². The second-order valence-electron chi connectivity index (χ2n) is 6.95. The Bertz CT molecular complexity index is 746. The first-order valence-electron chi connectivity index (χ1n) is 8.84. The van der Waals surface area contributed by atoms with E-state index in [1.807, 2.05) is 36.1 Å². The van der Waals surface area contributed by atoms with Crippen LogP contribution in [0.1, 0.15) is 35.4 Å². The van der Waals surface area contributed by atoms with Gasteiger partial charge in [0.25, 0.3) is 5.91 Å². The van der Waals surface area contributed by atoms with Crippen LogP contribution >= 0.6 is 0 Å². The monoisotopic (exact) mass is 328 g/mol. The summed E-state index contributed by atoms with van der Waals surface area (Å²) in [5, 5.41) is 11.1. The van der Waals surface area contributed by atoms with Gasteiger partial charge < -0.3 is 14.4 Å². The number of nitrogens with zero attached hydrogens (tertiary/aromatic N) is 2. The number of amides is 1. The lowest BCUT2D eigenvalue weighted by Gasteiger charge is -2.38. The maximum Gasteiger partial charge on any atom is 0.289 e. The fourth-order valence-corrected chi connectivity index (χ4v) is 4.13. The summed E-state index contributed by atoms with van der Waals surface area (Å²) in [4.78, 5) is 17.1. The van der Waals surface area contributed by atoms with Crippen molar-refractivity contribution in [3.63, 3.8) is 0 Å². The molecule has 0 radical (unpaired) electrons. The lowest BCUT2D eigenvalue weighted by atomic mass is 10.1. The van der Waals surface area contributed by atoms with Gasteiger partial charge in [-0.2, -0.15) is 0 Å². The number of carbonyl (C=O) groups is 1. The Morgan fingerprint density at radius 1 is 1.17 bits per heavy atom. The van der Waals surface area contributed by atoms with E-state index in [1.54, 1.807) is 0 Å². The Morgan fingerprint density at radius 3 is 2.58 bits per heavy atom. The van der Waals surface area contributed by atoms with E-state index in [-0.39, 0.29) is 18.1 Å². The number of benzene rings is 1. The highest BCUT2D eigenvalue weighted by molar-refractivity contribution is 5.98. The third-order valence-corrected chi connectivity index (χ3v) is 5.55. The number of rotatable bonds is 2. The first-order chi connectivity index (χ1) is 11.6. The van der Waals surface area contributed by atoms with Gasteiger partial charge >= 0.3 is 0 Å². The summed E-state index contributed by atoms with van der Waals surface area (Å²) in [6, 6.07) is 8.05. The molecule has 5 nitrogen and oxygen atoms in total. The summed E-state index contributed by atoms with van der Waals surface area (Å²) in [5.41, 5.74) is 1.69. The molecule has 5 heteroatoms. The minimum Gasteiger partial charge on any atom is -0.451 e. The van der Waals surface area contributed by atoms with Crippen LogP contribution in [-0.2, 0) is 0 Å². The van der Waals surface area contributed by atoms with E-state index in [1.165, 1.54) is 0 Å². The van der Waals surface area contributed by atoms with Crippen molar-refractivity contribution in [2.24, 2.45) is 0 Å². The zero-order chi connectivity index (χ0) is 16.7. The minimum absolute atomic E-state index is 0.0182. The fraction of sp³-hybridized carbons (Fsp3) is 0.526. The lowest BCUT2D eigenvalue weighted by molar-refractivity contribution is 0.0302. The van der Waals surface area contributed by atoms with Crippen LogP contribution in [0, 0.1) is 6.92 Å². The van der Waals surface area contributed by atoms with Crippen molar-refractivity contribution < 1.29 is 14.3 Å². The number of hydrogen-bond acceptors (Lipinski definition) is 4. The quantitative estimate of drug-likeness (QED) is 0.920. The largest absolute Gasteiger partial charge is 0.451 e. The summed E-state index contributed by atoms with van der Waals surface area (Å²) >= 11 is 0. The highest BCUT2D eigenvalue weighted by Gasteiger charge is 2.34. The fourth-order valence-electron chi connectivity index (χ4n) is 4.13. The third-order valence-electron chi connectivity index (χ3n) is 5.55. The van der Waals surface area contributed by atoms with Gasteiger partial charge in [0.15, 0.2) is 5.76 Å². The molecule has 2 aromatic rings. The normalized spacial score (nSPS) is 25.5. The van der Waals surface area contributed by atoms with Crippen LogP contribution in [0.3, 0.4) is 0 Å². The smallest absolute Gasteiger partial charge is 0.289 e. The van der Waals surface area contributed by atoms with E-state index < -0.39 is 0 Å². The molecule has 4 rings (SSSR count). The van der Waals surface area contributed by atoms with Gasteiger partial charge in [0.05, 0.1) is 6.10 Å². The second kappa shape index (κ2) is 6.22. The molecule has 1 aromatic carbocycles. The molecule has 2 atom stereocenters. The average molecular weight is 328 g/mol. The first kappa shape index (κ1) is 15.7. The summed E-state index contributed by atoms with van der Waals surface area (Å²) in [5.74, 6) is 0.445. The molecule has 1 saturated heterocycles.